The van der Waals surface area contributed by atoms with E-state index in [0.29, 0.717) is 12.5 Å². The monoisotopic (exact) mass is 403 g/mol. The van der Waals surface area contributed by atoms with Crippen molar-refractivity contribution >= 4 is 11.6 Å². The van der Waals surface area contributed by atoms with Gasteiger partial charge in [0, 0.05) is 5.69 Å². The summed E-state index contributed by atoms with van der Waals surface area (Å²) >= 11 is 0. The molecule has 1 amide bonds. The molecule has 0 spiro atoms. The molecule has 3 aromatic carbocycles. The Morgan fingerprint density at radius 3 is 2.30 bits per heavy atom. The number of para-hydroxylation sites is 1. The van der Waals surface area contributed by atoms with E-state index < -0.39 is 0 Å². The quantitative estimate of drug-likeness (QED) is 0.433. The third-order valence-corrected chi connectivity index (χ3v) is 4.76. The number of carbonyl (C=O) groups is 1. The lowest BCUT2D eigenvalue weighted by Gasteiger charge is -2.14. The highest BCUT2D eigenvalue weighted by molar-refractivity contribution is 5.91. The molecular formula is C26H29NO3. The van der Waals surface area contributed by atoms with Gasteiger partial charge in [-0.2, -0.15) is 0 Å². The Morgan fingerprint density at radius 2 is 1.57 bits per heavy atom. The number of amides is 1. The zero-order chi connectivity index (χ0) is 21.2. The first kappa shape index (κ1) is 21.4. The number of rotatable bonds is 10. The van der Waals surface area contributed by atoms with Gasteiger partial charge in [0.15, 0.2) is 6.61 Å². The zero-order valence-electron chi connectivity index (χ0n) is 17.6. The van der Waals surface area contributed by atoms with Gasteiger partial charge in [-0.3, -0.25) is 4.79 Å². The van der Waals surface area contributed by atoms with E-state index in [0.717, 1.165) is 35.6 Å². The summed E-state index contributed by atoms with van der Waals surface area (Å²) < 4.78 is 11.5. The maximum absolute atomic E-state index is 12.2. The normalized spacial score (nSPS) is 10.6. The highest BCUT2D eigenvalue weighted by Crippen LogP contribution is 2.25. The largest absolute Gasteiger partial charge is 0.494 e. The van der Waals surface area contributed by atoms with Crippen molar-refractivity contribution in [1.29, 1.82) is 0 Å². The Labute approximate surface area is 178 Å². The number of hydrogen-bond acceptors (Lipinski definition) is 3. The SMILES string of the molecule is CC(C)c1ccccc1OCC(=O)Nc1ccc(OCCCc2ccccc2)cc1. The molecule has 0 aliphatic rings. The van der Waals surface area contributed by atoms with E-state index in [4.69, 9.17) is 9.47 Å². The van der Waals surface area contributed by atoms with Crippen molar-refractivity contribution < 1.29 is 14.3 Å². The minimum atomic E-state index is -0.190. The topological polar surface area (TPSA) is 47.6 Å². The summed E-state index contributed by atoms with van der Waals surface area (Å²) in [5.41, 5.74) is 3.13. The molecule has 0 heterocycles. The molecule has 0 saturated carbocycles. The van der Waals surface area contributed by atoms with Gasteiger partial charge in [-0.1, -0.05) is 62.4 Å². The van der Waals surface area contributed by atoms with Crippen LogP contribution in [0.15, 0.2) is 78.9 Å². The Hall–Kier alpha value is -3.27. The molecule has 0 radical (unpaired) electrons. The lowest BCUT2D eigenvalue weighted by molar-refractivity contribution is -0.118. The predicted octanol–water partition coefficient (Wildman–Crippen LogP) is 5.84. The van der Waals surface area contributed by atoms with Gasteiger partial charge in [0.05, 0.1) is 6.61 Å². The van der Waals surface area contributed by atoms with E-state index >= 15 is 0 Å². The first-order valence-corrected chi connectivity index (χ1v) is 10.4. The maximum Gasteiger partial charge on any atom is 0.262 e. The van der Waals surface area contributed by atoms with Crippen LogP contribution in [-0.4, -0.2) is 19.1 Å². The third kappa shape index (κ3) is 6.66. The molecule has 1 N–H and O–H groups in total. The average Bonchev–Trinajstić information content (AvgIpc) is 2.77. The smallest absolute Gasteiger partial charge is 0.262 e. The molecule has 0 aliphatic carbocycles. The Kier molecular flexibility index (Phi) is 7.90. The fourth-order valence-corrected chi connectivity index (χ4v) is 3.17. The Morgan fingerprint density at radius 1 is 0.867 bits per heavy atom. The molecule has 4 nitrogen and oxygen atoms in total. The van der Waals surface area contributed by atoms with Crippen molar-refractivity contribution in [3.05, 3.63) is 90.0 Å². The van der Waals surface area contributed by atoms with Crippen LogP contribution >= 0.6 is 0 Å². The summed E-state index contributed by atoms with van der Waals surface area (Å²) in [5.74, 6) is 1.69. The van der Waals surface area contributed by atoms with Gasteiger partial charge in [-0.05, 0) is 60.2 Å². The number of nitrogens with one attached hydrogen (secondary N) is 1. The lowest BCUT2D eigenvalue weighted by atomic mass is 10.0. The van der Waals surface area contributed by atoms with Crippen molar-refractivity contribution in [2.75, 3.05) is 18.5 Å². The zero-order valence-corrected chi connectivity index (χ0v) is 17.6. The van der Waals surface area contributed by atoms with Crippen LogP contribution in [0.3, 0.4) is 0 Å². The van der Waals surface area contributed by atoms with Gasteiger partial charge >= 0.3 is 0 Å². The molecule has 0 bridgehead atoms. The summed E-state index contributed by atoms with van der Waals surface area (Å²) in [6, 6.07) is 25.6. The molecule has 156 valence electrons. The van der Waals surface area contributed by atoms with Gasteiger partial charge in [-0.15, -0.1) is 0 Å². The highest BCUT2D eigenvalue weighted by atomic mass is 16.5. The second-order valence-corrected chi connectivity index (χ2v) is 7.49. The summed E-state index contributed by atoms with van der Waals surface area (Å²) in [6.07, 6.45) is 1.95. The van der Waals surface area contributed by atoms with Crippen LogP contribution in [0.5, 0.6) is 11.5 Å². The van der Waals surface area contributed by atoms with E-state index in [-0.39, 0.29) is 12.5 Å². The van der Waals surface area contributed by atoms with E-state index in [1.165, 1.54) is 5.56 Å². The van der Waals surface area contributed by atoms with Crippen molar-refractivity contribution in [2.45, 2.75) is 32.6 Å². The molecule has 0 atom stereocenters. The standard InChI is InChI=1S/C26H29NO3/c1-20(2)24-12-6-7-13-25(24)30-19-26(28)27-22-14-16-23(17-15-22)29-18-8-11-21-9-4-3-5-10-21/h3-7,9-10,12-17,20H,8,11,18-19H2,1-2H3,(H,27,28). The lowest BCUT2D eigenvalue weighted by Crippen LogP contribution is -2.20. The first-order chi connectivity index (χ1) is 14.6. The van der Waals surface area contributed by atoms with E-state index in [9.17, 15) is 4.79 Å². The minimum Gasteiger partial charge on any atom is -0.494 e. The van der Waals surface area contributed by atoms with Crippen LogP contribution in [0.4, 0.5) is 5.69 Å². The number of aryl methyl sites for hydroxylation is 1. The fourth-order valence-electron chi connectivity index (χ4n) is 3.17. The van der Waals surface area contributed by atoms with Crippen LogP contribution in [0.2, 0.25) is 0 Å². The van der Waals surface area contributed by atoms with E-state index in [2.05, 4.69) is 43.4 Å². The highest BCUT2D eigenvalue weighted by Gasteiger charge is 2.09. The van der Waals surface area contributed by atoms with Crippen LogP contribution in [0.25, 0.3) is 0 Å². The second kappa shape index (κ2) is 11.1. The second-order valence-electron chi connectivity index (χ2n) is 7.49. The van der Waals surface area contributed by atoms with Crippen molar-refractivity contribution in [2.24, 2.45) is 0 Å². The number of benzene rings is 3. The van der Waals surface area contributed by atoms with Crippen LogP contribution in [-0.2, 0) is 11.2 Å². The average molecular weight is 404 g/mol. The summed E-state index contributed by atoms with van der Waals surface area (Å²) in [7, 11) is 0. The van der Waals surface area contributed by atoms with Gasteiger partial charge in [0.2, 0.25) is 0 Å². The number of anilines is 1. The van der Waals surface area contributed by atoms with Gasteiger partial charge < -0.3 is 14.8 Å². The molecular weight excluding hydrogens is 374 g/mol. The fraction of sp³-hybridized carbons (Fsp3) is 0.269. The van der Waals surface area contributed by atoms with Crippen molar-refractivity contribution in [1.82, 2.24) is 0 Å². The first-order valence-electron chi connectivity index (χ1n) is 10.4. The summed E-state index contributed by atoms with van der Waals surface area (Å²) in [5, 5.41) is 2.86. The van der Waals surface area contributed by atoms with E-state index in [1.807, 2.05) is 54.6 Å². The maximum atomic E-state index is 12.2. The van der Waals surface area contributed by atoms with Gasteiger partial charge in [0.1, 0.15) is 11.5 Å². The van der Waals surface area contributed by atoms with Crippen LogP contribution in [0.1, 0.15) is 37.3 Å². The molecule has 3 aromatic rings. The summed E-state index contributed by atoms with van der Waals surface area (Å²) in [4.78, 5) is 12.2. The van der Waals surface area contributed by atoms with Crippen LogP contribution < -0.4 is 14.8 Å². The molecule has 0 aromatic heterocycles. The molecule has 0 aliphatic heterocycles. The summed E-state index contributed by atoms with van der Waals surface area (Å²) in [6.45, 7) is 4.84. The number of hydrogen-bond donors (Lipinski definition) is 1. The molecule has 0 unspecified atom stereocenters. The van der Waals surface area contributed by atoms with E-state index in [1.54, 1.807) is 0 Å². The molecule has 4 heteroatoms. The third-order valence-electron chi connectivity index (χ3n) is 4.76. The molecule has 3 rings (SSSR count). The van der Waals surface area contributed by atoms with Crippen molar-refractivity contribution in [3.8, 4) is 11.5 Å². The molecule has 0 fully saturated rings. The molecule has 30 heavy (non-hydrogen) atoms. The predicted molar refractivity (Wildman–Crippen MR) is 121 cm³/mol. The number of ether oxygens (including phenoxy) is 2. The Balaban J connectivity index is 1.41. The van der Waals surface area contributed by atoms with Crippen molar-refractivity contribution in [3.63, 3.8) is 0 Å². The van der Waals surface area contributed by atoms with Crippen LogP contribution in [0, 0.1) is 0 Å². The molecule has 0 saturated heterocycles. The van der Waals surface area contributed by atoms with Gasteiger partial charge in [0.25, 0.3) is 5.91 Å². The minimum absolute atomic E-state index is 0.0263. The number of carbonyl (C=O) groups excluding carboxylic acids is 1. The van der Waals surface area contributed by atoms with Gasteiger partial charge in [-0.25, -0.2) is 0 Å². The Bertz CT molecular complexity index is 921.